The van der Waals surface area contributed by atoms with E-state index >= 15 is 0 Å². The molecule has 2 heterocycles. The Balaban J connectivity index is 0.00000256. The lowest BCUT2D eigenvalue weighted by Gasteiger charge is -2.11. The zero-order valence-corrected chi connectivity index (χ0v) is 17.2. The van der Waals surface area contributed by atoms with Crippen molar-refractivity contribution in [2.75, 3.05) is 6.54 Å². The fourth-order valence-electron chi connectivity index (χ4n) is 3.30. The number of benzene rings is 2. The van der Waals surface area contributed by atoms with E-state index in [2.05, 4.69) is 20.4 Å². The lowest BCUT2D eigenvalue weighted by atomic mass is 10.1. The molecule has 4 rings (SSSR count). The number of amides is 1. The number of carbonyl (C=O) groups is 1. The van der Waals surface area contributed by atoms with Gasteiger partial charge < -0.3 is 20.6 Å². The molecule has 0 aliphatic carbocycles. The molecule has 0 spiro atoms. The number of fused-ring (bicyclic) bond motifs is 1. The standard InChI is InChI=1S/C22H23N5O2.ClH/c23-18(13-16-14-25-19-9-5-4-8-17(16)19)22(28)24-11-10-21-26-20(27-29-21)12-15-6-2-1-3-7-15;/h1-9,14,18,25H,10-13,23H2,(H,24,28);1H/t18-;/m0./s1. The molecule has 2 aromatic heterocycles. The van der Waals surface area contributed by atoms with Crippen molar-refractivity contribution in [3.05, 3.63) is 83.6 Å². The first-order valence-electron chi connectivity index (χ1n) is 9.63. The minimum absolute atomic E-state index is 0. The molecule has 0 fully saturated rings. The maximum Gasteiger partial charge on any atom is 0.237 e. The van der Waals surface area contributed by atoms with Crippen molar-refractivity contribution in [1.29, 1.82) is 0 Å². The van der Waals surface area contributed by atoms with Crippen LogP contribution in [-0.4, -0.2) is 33.6 Å². The molecule has 0 saturated carbocycles. The van der Waals surface area contributed by atoms with Gasteiger partial charge in [0.2, 0.25) is 11.8 Å². The van der Waals surface area contributed by atoms with Crippen molar-refractivity contribution in [3.63, 3.8) is 0 Å². The summed E-state index contributed by atoms with van der Waals surface area (Å²) in [5.74, 6) is 0.939. The van der Waals surface area contributed by atoms with Crippen LogP contribution in [0.2, 0.25) is 0 Å². The minimum Gasteiger partial charge on any atom is -0.361 e. The predicted molar refractivity (Wildman–Crippen MR) is 117 cm³/mol. The highest BCUT2D eigenvalue weighted by Crippen LogP contribution is 2.18. The van der Waals surface area contributed by atoms with E-state index in [4.69, 9.17) is 10.3 Å². The van der Waals surface area contributed by atoms with Crippen molar-refractivity contribution in [3.8, 4) is 0 Å². The third-order valence-electron chi connectivity index (χ3n) is 4.80. The molecular weight excluding hydrogens is 402 g/mol. The van der Waals surface area contributed by atoms with Gasteiger partial charge in [-0.05, 0) is 23.6 Å². The number of nitrogens with zero attached hydrogens (tertiary/aromatic N) is 2. The molecule has 2 aromatic carbocycles. The molecule has 7 nitrogen and oxygen atoms in total. The van der Waals surface area contributed by atoms with E-state index in [1.807, 2.05) is 60.8 Å². The molecule has 0 radical (unpaired) electrons. The molecule has 1 amide bonds. The van der Waals surface area contributed by atoms with Crippen LogP contribution in [0, 0.1) is 0 Å². The molecule has 4 aromatic rings. The van der Waals surface area contributed by atoms with Crippen LogP contribution < -0.4 is 11.1 Å². The van der Waals surface area contributed by atoms with Gasteiger partial charge in [0, 0.05) is 36.5 Å². The Morgan fingerprint density at radius 2 is 1.90 bits per heavy atom. The van der Waals surface area contributed by atoms with E-state index in [0.717, 1.165) is 22.0 Å². The van der Waals surface area contributed by atoms with E-state index < -0.39 is 6.04 Å². The van der Waals surface area contributed by atoms with E-state index in [0.29, 0.717) is 37.5 Å². The van der Waals surface area contributed by atoms with Gasteiger partial charge in [0.1, 0.15) is 0 Å². The SMILES string of the molecule is Cl.N[C@@H](Cc1c[nH]c2ccccc12)C(=O)NCCc1nc(Cc2ccccc2)no1. The zero-order chi connectivity index (χ0) is 20.1. The molecule has 8 heteroatoms. The van der Waals surface area contributed by atoms with Gasteiger partial charge in [-0.15, -0.1) is 12.4 Å². The van der Waals surface area contributed by atoms with E-state index in [1.165, 1.54) is 0 Å². The Morgan fingerprint density at radius 1 is 1.13 bits per heavy atom. The highest BCUT2D eigenvalue weighted by Gasteiger charge is 2.16. The Morgan fingerprint density at radius 3 is 2.73 bits per heavy atom. The maximum atomic E-state index is 12.3. The molecule has 156 valence electrons. The third-order valence-corrected chi connectivity index (χ3v) is 4.80. The Bertz CT molecular complexity index is 1090. The topological polar surface area (TPSA) is 110 Å². The lowest BCUT2D eigenvalue weighted by molar-refractivity contribution is -0.122. The summed E-state index contributed by atoms with van der Waals surface area (Å²) in [4.78, 5) is 19.9. The Labute approximate surface area is 180 Å². The molecule has 0 aliphatic rings. The monoisotopic (exact) mass is 425 g/mol. The first-order chi connectivity index (χ1) is 14.2. The second-order valence-electron chi connectivity index (χ2n) is 6.98. The summed E-state index contributed by atoms with van der Waals surface area (Å²) < 4.78 is 5.26. The lowest BCUT2D eigenvalue weighted by Crippen LogP contribution is -2.42. The highest BCUT2D eigenvalue weighted by molar-refractivity contribution is 5.86. The predicted octanol–water partition coefficient (Wildman–Crippen LogP) is 2.79. The molecule has 1 atom stereocenters. The Hall–Kier alpha value is -3.16. The summed E-state index contributed by atoms with van der Waals surface area (Å²) in [7, 11) is 0. The van der Waals surface area contributed by atoms with Gasteiger partial charge in [-0.3, -0.25) is 4.79 Å². The van der Waals surface area contributed by atoms with Gasteiger partial charge in [0.05, 0.1) is 6.04 Å². The normalized spacial score (nSPS) is 11.8. The second kappa shape index (κ2) is 10.0. The van der Waals surface area contributed by atoms with Crippen molar-refractivity contribution in [1.82, 2.24) is 20.4 Å². The molecule has 0 saturated heterocycles. The molecular formula is C22H24ClN5O2. The van der Waals surface area contributed by atoms with Gasteiger partial charge in [0.15, 0.2) is 5.82 Å². The quantitative estimate of drug-likeness (QED) is 0.402. The molecule has 0 bridgehead atoms. The number of nitrogens with two attached hydrogens (primary N) is 1. The van der Waals surface area contributed by atoms with Crippen LogP contribution in [0.5, 0.6) is 0 Å². The molecule has 4 N–H and O–H groups in total. The maximum absolute atomic E-state index is 12.3. The van der Waals surface area contributed by atoms with Crippen LogP contribution in [0.15, 0.2) is 65.3 Å². The average molecular weight is 426 g/mol. The third kappa shape index (κ3) is 5.25. The number of nitrogens with one attached hydrogen (secondary N) is 2. The van der Waals surface area contributed by atoms with Gasteiger partial charge in [-0.2, -0.15) is 4.98 Å². The van der Waals surface area contributed by atoms with Gasteiger partial charge >= 0.3 is 0 Å². The summed E-state index contributed by atoms with van der Waals surface area (Å²) in [6.07, 6.45) is 3.46. The minimum atomic E-state index is -0.620. The van der Waals surface area contributed by atoms with E-state index in [9.17, 15) is 4.79 Å². The Kier molecular flexibility index (Phi) is 7.21. The van der Waals surface area contributed by atoms with Gasteiger partial charge in [-0.25, -0.2) is 0 Å². The first-order valence-corrected chi connectivity index (χ1v) is 9.63. The number of rotatable bonds is 8. The fourth-order valence-corrected chi connectivity index (χ4v) is 3.30. The van der Waals surface area contributed by atoms with Crippen LogP contribution >= 0.6 is 12.4 Å². The highest BCUT2D eigenvalue weighted by atomic mass is 35.5. The summed E-state index contributed by atoms with van der Waals surface area (Å²) in [6.45, 7) is 0.396. The van der Waals surface area contributed by atoms with Gasteiger partial charge in [0.25, 0.3) is 0 Å². The number of hydrogen-bond acceptors (Lipinski definition) is 5. The average Bonchev–Trinajstić information content (AvgIpc) is 3.36. The van der Waals surface area contributed by atoms with Crippen molar-refractivity contribution >= 4 is 29.2 Å². The number of hydrogen-bond donors (Lipinski definition) is 3. The first kappa shape index (κ1) is 21.5. The number of para-hydroxylation sites is 1. The van der Waals surface area contributed by atoms with Crippen LogP contribution in [0.3, 0.4) is 0 Å². The molecule has 0 aliphatic heterocycles. The molecule has 0 unspecified atom stereocenters. The van der Waals surface area contributed by atoms with E-state index in [1.54, 1.807) is 0 Å². The summed E-state index contributed by atoms with van der Waals surface area (Å²) in [5, 5.41) is 7.94. The number of halogens is 1. The largest absolute Gasteiger partial charge is 0.361 e. The van der Waals surface area contributed by atoms with Crippen molar-refractivity contribution < 1.29 is 9.32 Å². The van der Waals surface area contributed by atoms with Crippen molar-refractivity contribution in [2.24, 2.45) is 5.73 Å². The zero-order valence-electron chi connectivity index (χ0n) is 16.4. The number of aromatic amines is 1. The second-order valence-corrected chi connectivity index (χ2v) is 6.98. The van der Waals surface area contributed by atoms with Crippen LogP contribution in [-0.2, 0) is 24.1 Å². The smallest absolute Gasteiger partial charge is 0.237 e. The number of carbonyl (C=O) groups excluding carboxylic acids is 1. The van der Waals surface area contributed by atoms with Crippen LogP contribution in [0.25, 0.3) is 10.9 Å². The summed E-state index contributed by atoms with van der Waals surface area (Å²) >= 11 is 0. The van der Waals surface area contributed by atoms with Gasteiger partial charge in [-0.1, -0.05) is 53.7 Å². The summed E-state index contributed by atoms with van der Waals surface area (Å²) in [5.41, 5.74) is 9.29. The van der Waals surface area contributed by atoms with Crippen molar-refractivity contribution in [2.45, 2.75) is 25.3 Å². The van der Waals surface area contributed by atoms with Crippen LogP contribution in [0.1, 0.15) is 22.8 Å². The number of aromatic nitrogens is 3. The van der Waals surface area contributed by atoms with E-state index in [-0.39, 0.29) is 18.3 Å². The molecule has 30 heavy (non-hydrogen) atoms. The van der Waals surface area contributed by atoms with Crippen LogP contribution in [0.4, 0.5) is 0 Å². The fraction of sp³-hybridized carbons (Fsp3) is 0.227. The number of H-pyrrole nitrogens is 1. The summed E-state index contributed by atoms with van der Waals surface area (Å²) in [6, 6.07) is 17.3.